The molecule has 0 spiro atoms. The summed E-state index contributed by atoms with van der Waals surface area (Å²) in [6.07, 6.45) is 0. The maximum atomic E-state index is 13.2. The van der Waals surface area contributed by atoms with Crippen molar-refractivity contribution in [3.8, 4) is 0 Å². The second-order valence-electron chi connectivity index (χ2n) is 4.27. The topological polar surface area (TPSA) is 38.0 Å². The van der Waals surface area contributed by atoms with Crippen molar-refractivity contribution in [1.82, 2.24) is 5.43 Å². The minimum Gasteiger partial charge on any atom is -0.271 e. The highest BCUT2D eigenvalue weighted by Gasteiger charge is 2.16. The number of nitrogens with two attached hydrogens (primary N) is 1. The van der Waals surface area contributed by atoms with E-state index >= 15 is 0 Å². The number of hydrogen-bond acceptors (Lipinski definition) is 2. The predicted molar refractivity (Wildman–Crippen MR) is 79.5 cm³/mol. The lowest BCUT2D eigenvalue weighted by atomic mass is 9.95. The smallest absolute Gasteiger partial charge is 0.123 e. The van der Waals surface area contributed by atoms with Gasteiger partial charge in [0.15, 0.2) is 0 Å². The molecule has 1 unspecified atom stereocenters. The molecule has 0 heterocycles. The molecule has 5 heteroatoms. The molecule has 2 aromatic carbocycles. The van der Waals surface area contributed by atoms with Crippen LogP contribution in [0.4, 0.5) is 4.39 Å². The third-order valence-corrected chi connectivity index (χ3v) is 4.22. The van der Waals surface area contributed by atoms with Gasteiger partial charge < -0.3 is 0 Å². The molecule has 19 heavy (non-hydrogen) atoms. The lowest BCUT2D eigenvalue weighted by molar-refractivity contribution is 0.612. The minimum atomic E-state index is -0.258. The number of rotatable bonds is 3. The number of hydrogen-bond donors (Lipinski definition) is 2. The Morgan fingerprint density at radius 1 is 1.26 bits per heavy atom. The van der Waals surface area contributed by atoms with E-state index in [-0.39, 0.29) is 11.9 Å². The summed E-state index contributed by atoms with van der Waals surface area (Å²) in [5.74, 6) is 5.37. The quantitative estimate of drug-likeness (QED) is 0.650. The Morgan fingerprint density at radius 3 is 2.58 bits per heavy atom. The van der Waals surface area contributed by atoms with Gasteiger partial charge in [0, 0.05) is 4.47 Å². The molecule has 100 valence electrons. The minimum absolute atomic E-state index is 0.230. The molecule has 2 nitrogen and oxygen atoms in total. The van der Waals surface area contributed by atoms with E-state index in [0.29, 0.717) is 5.02 Å². The average molecular weight is 344 g/mol. The zero-order valence-electron chi connectivity index (χ0n) is 10.3. The van der Waals surface area contributed by atoms with E-state index < -0.39 is 0 Å². The van der Waals surface area contributed by atoms with E-state index in [0.717, 1.165) is 21.2 Å². The Labute approximate surface area is 124 Å². The van der Waals surface area contributed by atoms with Gasteiger partial charge in [-0.2, -0.15) is 0 Å². The van der Waals surface area contributed by atoms with Crippen LogP contribution >= 0.6 is 27.5 Å². The summed E-state index contributed by atoms with van der Waals surface area (Å²) in [6, 6.07) is 10.0. The van der Waals surface area contributed by atoms with Gasteiger partial charge in [0.05, 0.1) is 11.1 Å². The highest BCUT2D eigenvalue weighted by atomic mass is 79.9. The standard InChI is InChI=1S/C14H13BrClFN2/c1-8-6-10(17)3-4-11(8)14(19-18)9-2-5-12(15)13(16)7-9/h2-7,14,19H,18H2,1H3. The van der Waals surface area contributed by atoms with Crippen molar-refractivity contribution in [3.05, 3.63) is 68.4 Å². The zero-order valence-corrected chi connectivity index (χ0v) is 12.6. The van der Waals surface area contributed by atoms with Gasteiger partial charge in [0.25, 0.3) is 0 Å². The Balaban J connectivity index is 2.46. The first-order valence-corrected chi connectivity index (χ1v) is 6.87. The fourth-order valence-electron chi connectivity index (χ4n) is 2.02. The van der Waals surface area contributed by atoms with Crippen LogP contribution in [0.2, 0.25) is 5.02 Å². The predicted octanol–water partition coefficient (Wildman–Crippen LogP) is 4.10. The Morgan fingerprint density at radius 2 is 2.00 bits per heavy atom. The van der Waals surface area contributed by atoms with E-state index in [4.69, 9.17) is 17.4 Å². The zero-order chi connectivity index (χ0) is 14.0. The highest BCUT2D eigenvalue weighted by Crippen LogP contribution is 2.30. The molecule has 3 N–H and O–H groups in total. The van der Waals surface area contributed by atoms with Crippen molar-refractivity contribution in [2.75, 3.05) is 0 Å². The van der Waals surface area contributed by atoms with Crippen molar-refractivity contribution >= 4 is 27.5 Å². The van der Waals surface area contributed by atoms with Gasteiger partial charge >= 0.3 is 0 Å². The molecule has 0 fully saturated rings. The van der Waals surface area contributed by atoms with Crippen molar-refractivity contribution in [2.24, 2.45) is 5.84 Å². The first-order valence-electron chi connectivity index (χ1n) is 5.70. The molecular weight excluding hydrogens is 331 g/mol. The first kappa shape index (κ1) is 14.5. The van der Waals surface area contributed by atoms with E-state index in [2.05, 4.69) is 21.4 Å². The van der Waals surface area contributed by atoms with E-state index in [1.165, 1.54) is 12.1 Å². The monoisotopic (exact) mass is 342 g/mol. The fourth-order valence-corrected chi connectivity index (χ4v) is 2.46. The molecule has 0 saturated carbocycles. The van der Waals surface area contributed by atoms with Gasteiger partial charge in [-0.25, -0.2) is 9.82 Å². The van der Waals surface area contributed by atoms with Gasteiger partial charge in [-0.15, -0.1) is 0 Å². The number of nitrogens with one attached hydrogen (secondary N) is 1. The van der Waals surface area contributed by atoms with Crippen molar-refractivity contribution in [3.63, 3.8) is 0 Å². The SMILES string of the molecule is Cc1cc(F)ccc1C(NN)c1ccc(Br)c(Cl)c1. The third-order valence-electron chi connectivity index (χ3n) is 2.99. The van der Waals surface area contributed by atoms with E-state index in [1.807, 2.05) is 25.1 Å². The van der Waals surface area contributed by atoms with Crippen molar-refractivity contribution < 1.29 is 4.39 Å². The van der Waals surface area contributed by atoms with Gasteiger partial charge in [-0.1, -0.05) is 23.7 Å². The second kappa shape index (κ2) is 6.01. The summed E-state index contributed by atoms with van der Waals surface area (Å²) in [5, 5.41) is 0.609. The van der Waals surface area contributed by atoms with E-state index in [1.54, 1.807) is 6.07 Å². The Kier molecular flexibility index (Phi) is 4.58. The molecule has 0 aromatic heterocycles. The summed E-state index contributed by atoms with van der Waals surface area (Å²) in [4.78, 5) is 0. The van der Waals surface area contributed by atoms with Crippen LogP contribution in [0.25, 0.3) is 0 Å². The van der Waals surface area contributed by atoms with Crippen LogP contribution < -0.4 is 11.3 Å². The number of hydrazine groups is 1. The third kappa shape index (κ3) is 3.15. The van der Waals surface area contributed by atoms with Crippen LogP contribution in [0.1, 0.15) is 22.7 Å². The largest absolute Gasteiger partial charge is 0.271 e. The summed E-state index contributed by atoms with van der Waals surface area (Å²) < 4.78 is 14.0. The molecule has 0 radical (unpaired) electrons. The van der Waals surface area contributed by atoms with Crippen LogP contribution in [-0.2, 0) is 0 Å². The highest BCUT2D eigenvalue weighted by molar-refractivity contribution is 9.10. The number of halogens is 3. The normalized spacial score (nSPS) is 12.5. The van der Waals surface area contributed by atoms with Gasteiger partial charge in [-0.3, -0.25) is 5.84 Å². The molecule has 0 aliphatic heterocycles. The summed E-state index contributed by atoms with van der Waals surface area (Å²) >= 11 is 9.44. The lowest BCUT2D eigenvalue weighted by Crippen LogP contribution is -2.29. The molecule has 0 saturated heterocycles. The molecule has 0 amide bonds. The van der Waals surface area contributed by atoms with Crippen LogP contribution in [0, 0.1) is 12.7 Å². The van der Waals surface area contributed by atoms with Gasteiger partial charge in [0.2, 0.25) is 0 Å². The van der Waals surface area contributed by atoms with Crippen molar-refractivity contribution in [1.29, 1.82) is 0 Å². The molecule has 1 atom stereocenters. The molecule has 0 aliphatic rings. The summed E-state index contributed by atoms with van der Waals surface area (Å²) in [6.45, 7) is 1.85. The molecular formula is C14H13BrClFN2. The summed E-state index contributed by atoms with van der Waals surface area (Å²) in [7, 11) is 0. The van der Waals surface area contributed by atoms with Crippen LogP contribution in [0.5, 0.6) is 0 Å². The van der Waals surface area contributed by atoms with Gasteiger partial charge in [-0.05, 0) is 63.8 Å². The van der Waals surface area contributed by atoms with Crippen LogP contribution in [-0.4, -0.2) is 0 Å². The maximum Gasteiger partial charge on any atom is 0.123 e. The molecule has 0 aliphatic carbocycles. The van der Waals surface area contributed by atoms with Gasteiger partial charge in [0.1, 0.15) is 5.82 Å². The Hall–Kier alpha value is -0.940. The molecule has 0 bridgehead atoms. The maximum absolute atomic E-state index is 13.2. The molecule has 2 rings (SSSR count). The fraction of sp³-hybridized carbons (Fsp3) is 0.143. The molecule has 2 aromatic rings. The average Bonchev–Trinajstić information content (AvgIpc) is 2.37. The van der Waals surface area contributed by atoms with E-state index in [9.17, 15) is 4.39 Å². The van der Waals surface area contributed by atoms with Crippen molar-refractivity contribution in [2.45, 2.75) is 13.0 Å². The first-order chi connectivity index (χ1) is 9.02. The Bertz CT molecular complexity index is 604. The van der Waals surface area contributed by atoms with Crippen LogP contribution in [0.15, 0.2) is 40.9 Å². The number of benzene rings is 2. The number of aryl methyl sites for hydroxylation is 1. The lowest BCUT2D eigenvalue weighted by Gasteiger charge is -2.19. The van der Waals surface area contributed by atoms with Crippen LogP contribution in [0.3, 0.4) is 0 Å². The summed E-state index contributed by atoms with van der Waals surface area (Å²) in [5.41, 5.74) is 5.42. The second-order valence-corrected chi connectivity index (χ2v) is 5.54.